The number of anilines is 3. The van der Waals surface area contributed by atoms with E-state index < -0.39 is 10.0 Å². The van der Waals surface area contributed by atoms with Crippen LogP contribution in [0.5, 0.6) is 34.5 Å². The molecule has 105 heavy (non-hydrogen) atoms. The number of hydrogen-bond acceptors (Lipinski definition) is 19. The van der Waals surface area contributed by atoms with Gasteiger partial charge in [-0.2, -0.15) is 19.6 Å². The van der Waals surface area contributed by atoms with Crippen LogP contribution in [-0.4, -0.2) is 121 Å². The molecular weight excluding hydrogens is 1350 g/mol. The summed E-state index contributed by atoms with van der Waals surface area (Å²) in [6, 6.07) is 52.0. The fourth-order valence-corrected chi connectivity index (χ4v) is 14.0. The van der Waals surface area contributed by atoms with Crippen molar-refractivity contribution in [3.05, 3.63) is 220 Å². The van der Waals surface area contributed by atoms with Gasteiger partial charge in [-0.25, -0.2) is 52.4 Å². The molecule has 6 aromatic carbocycles. The molecule has 3 fully saturated rings. The number of fused-ring (bicyclic) bond motifs is 3. The van der Waals surface area contributed by atoms with Crippen molar-refractivity contribution in [1.29, 1.82) is 0 Å². The van der Waals surface area contributed by atoms with Crippen molar-refractivity contribution in [1.82, 2.24) is 73.8 Å². The number of hydrogen-bond donors (Lipinski definition) is 4. The Hall–Kier alpha value is -12.2. The maximum absolute atomic E-state index is 12.4. The molecule has 26 heteroatoms. The number of allylic oxidation sites excluding steroid dienone is 1. The van der Waals surface area contributed by atoms with Crippen LogP contribution in [0.4, 0.5) is 17.5 Å². The van der Waals surface area contributed by atoms with Crippen LogP contribution in [0.2, 0.25) is 0 Å². The molecule has 25 nitrogen and oxygen atoms in total. The first kappa shape index (κ1) is 75.5. The number of likely N-dealkylation sites (tertiary alicyclic amines) is 1. The second kappa shape index (κ2) is 34.2. The average Bonchev–Trinajstić information content (AvgIpc) is 1.63. The third-order valence-corrected chi connectivity index (χ3v) is 19.6. The number of nitrogens with two attached hydrogens (primary N) is 3. The number of carbonyl (C=O) groups excluding carboxylic acids is 2. The van der Waals surface area contributed by atoms with Gasteiger partial charge in [-0.05, 0) is 180 Å². The van der Waals surface area contributed by atoms with Gasteiger partial charge in [0.25, 0.3) is 0 Å². The number of para-hydroxylation sites is 3. The third kappa shape index (κ3) is 17.2. The summed E-state index contributed by atoms with van der Waals surface area (Å²) in [4.78, 5) is 52.0. The largest absolute Gasteiger partial charge is 0.457 e. The maximum atomic E-state index is 12.4. The highest BCUT2D eigenvalue weighted by molar-refractivity contribution is 7.92. The SMILES string of the molecule is C.C.C.C/C=C/C(=O)N1CCCC(n2nc(-c3ccc(Oc4ccccc4)cc3)c3c(N)ncnc32)C1.C=CC(=O)NC1CCC(n2nc(-c3ccc(Oc4ccccc4)cc3)c3c(N)ncnc32)CC1.C=CS(=O)(=O)N1CCCC(n2nc(-c3ccc(Oc4ccccc4)cc3)c3c(N)ncnc32)C1. The molecule has 1 saturated carbocycles. The Morgan fingerprint density at radius 3 is 1.21 bits per heavy atom. The van der Waals surface area contributed by atoms with Crippen molar-refractivity contribution >= 4 is 72.4 Å². The van der Waals surface area contributed by atoms with Crippen LogP contribution in [0.15, 0.2) is 220 Å². The topological polar surface area (TPSA) is 323 Å². The lowest BCUT2D eigenvalue weighted by Crippen LogP contribution is -2.40. The highest BCUT2D eigenvalue weighted by Crippen LogP contribution is 2.40. The number of benzene rings is 6. The van der Waals surface area contributed by atoms with Gasteiger partial charge in [-0.15, -0.1) is 0 Å². The summed E-state index contributed by atoms with van der Waals surface area (Å²) in [6.45, 7) is 10.9. The molecule has 7 N–H and O–H groups in total. The molecule has 2 aliphatic heterocycles. The van der Waals surface area contributed by atoms with Gasteiger partial charge in [-0.3, -0.25) is 9.59 Å². The zero-order valence-corrected chi connectivity index (χ0v) is 56.9. The highest BCUT2D eigenvalue weighted by Gasteiger charge is 2.33. The number of nitrogens with zero attached hydrogens (tertiary/aromatic N) is 14. The van der Waals surface area contributed by atoms with E-state index in [0.29, 0.717) is 71.6 Å². The first-order valence-electron chi connectivity index (χ1n) is 33.7. The van der Waals surface area contributed by atoms with Crippen molar-refractivity contribution in [3.63, 3.8) is 0 Å². The van der Waals surface area contributed by atoms with E-state index in [1.165, 1.54) is 29.4 Å². The lowest BCUT2D eigenvalue weighted by Gasteiger charge is -2.32. The molecule has 1 aliphatic carbocycles. The quantitative estimate of drug-likeness (QED) is 0.0615. The van der Waals surface area contributed by atoms with Crippen molar-refractivity contribution in [3.8, 4) is 68.3 Å². The number of aromatic nitrogens is 12. The minimum absolute atomic E-state index is 0. The van der Waals surface area contributed by atoms with Gasteiger partial charge >= 0.3 is 0 Å². The van der Waals surface area contributed by atoms with Crippen LogP contribution in [0.1, 0.15) is 98.7 Å². The van der Waals surface area contributed by atoms with Crippen LogP contribution in [0, 0.1) is 0 Å². The first-order valence-corrected chi connectivity index (χ1v) is 35.2. The van der Waals surface area contributed by atoms with Crippen LogP contribution < -0.4 is 36.7 Å². The van der Waals surface area contributed by atoms with Gasteiger partial charge in [0.2, 0.25) is 21.8 Å². The summed E-state index contributed by atoms with van der Waals surface area (Å²) in [5, 5.41) is 20.8. The highest BCUT2D eigenvalue weighted by atomic mass is 32.2. The second-order valence-corrected chi connectivity index (χ2v) is 26.6. The zero-order valence-electron chi connectivity index (χ0n) is 56.1. The number of amides is 2. The van der Waals surface area contributed by atoms with E-state index in [1.807, 2.05) is 185 Å². The molecule has 15 rings (SSSR count). The number of rotatable bonds is 17. The van der Waals surface area contributed by atoms with Crippen LogP contribution in [0.3, 0.4) is 0 Å². The minimum atomic E-state index is -3.51. The summed E-state index contributed by atoms with van der Waals surface area (Å²) in [6.07, 6.45) is 15.8. The van der Waals surface area contributed by atoms with Crippen LogP contribution in [0.25, 0.3) is 66.9 Å². The van der Waals surface area contributed by atoms with E-state index >= 15 is 0 Å². The van der Waals surface area contributed by atoms with Gasteiger partial charge in [0.05, 0.1) is 34.3 Å². The summed E-state index contributed by atoms with van der Waals surface area (Å²) in [5.41, 5.74) is 25.5. The molecule has 0 radical (unpaired) electrons. The number of sulfonamides is 1. The average molecular weight is 1430 g/mol. The lowest BCUT2D eigenvalue weighted by molar-refractivity contribution is -0.127. The fourth-order valence-electron chi connectivity index (χ4n) is 13.1. The Balaban J connectivity index is 0.000000166. The van der Waals surface area contributed by atoms with E-state index in [4.69, 9.17) is 46.7 Å². The Morgan fingerprint density at radius 2 is 0.838 bits per heavy atom. The standard InChI is InChI=1S/2C26H26N6O2.C24H24N6O3S.3CH4/c1-2-7-22(33)31-15-6-8-19(16-31)32-26-23(25(27)28-17-29-26)24(30-32)18-11-13-21(14-12-18)34-20-9-4-3-5-10-20;1-2-22(33)30-18-10-12-19(13-11-18)32-26-23(25(27)28-16-29-26)24(31-32)17-8-14-21(15-9-17)34-20-6-4-3-5-7-20;1-2-34(31,32)29-14-6-7-18(15-29)30-24-21(23(25)26-16-27-24)22(28-30)17-10-12-20(13-11-17)33-19-8-4-3-5-9-19;;;/h2-5,7,9-14,17,19H,6,8,15-16H2,1H3,(H2,27,28,29);2-9,14-16,18-19H,1,10-13H2,(H,30,33)(H2,27,28,29);2-5,8-13,16,18H,1,6-7,14-15H2,(H2,25,26,27);3*1H4/b7-2+;;;;;. The van der Waals surface area contributed by atoms with Crippen LogP contribution in [-0.2, 0) is 19.6 Å². The van der Waals surface area contributed by atoms with E-state index in [2.05, 4.69) is 48.4 Å². The number of ether oxygens (including phenoxy) is 3. The smallest absolute Gasteiger partial charge is 0.246 e. The molecule has 2 amide bonds. The lowest BCUT2D eigenvalue weighted by atomic mass is 9.91. The molecule has 2 saturated heterocycles. The Labute approximate surface area is 611 Å². The van der Waals surface area contributed by atoms with Crippen molar-refractivity contribution in [2.75, 3.05) is 43.4 Å². The van der Waals surface area contributed by atoms with Crippen molar-refractivity contribution in [2.24, 2.45) is 0 Å². The van der Waals surface area contributed by atoms with Crippen LogP contribution >= 0.6 is 0 Å². The molecule has 0 bridgehead atoms. The molecule has 12 aromatic rings. The van der Waals surface area contributed by atoms with Crippen molar-refractivity contribution in [2.45, 2.75) is 105 Å². The number of carbonyl (C=O) groups is 2. The summed E-state index contributed by atoms with van der Waals surface area (Å²) < 4.78 is 49.5. The monoisotopic (exact) mass is 1430 g/mol. The molecule has 8 heterocycles. The van der Waals surface area contributed by atoms with E-state index in [-0.39, 0.29) is 58.3 Å². The first-order chi connectivity index (χ1) is 49.7. The van der Waals surface area contributed by atoms with Gasteiger partial charge < -0.3 is 41.6 Å². The van der Waals surface area contributed by atoms with Gasteiger partial charge in [0.1, 0.15) is 88.0 Å². The predicted octanol–water partition coefficient (Wildman–Crippen LogP) is 15.1. The van der Waals surface area contributed by atoms with Crippen molar-refractivity contribution < 1.29 is 32.2 Å². The number of nitrogens with one attached hydrogen (secondary N) is 1. The normalized spacial score (nSPS) is 16.6. The summed E-state index contributed by atoms with van der Waals surface area (Å²) in [5.74, 6) is 5.47. The molecular formula is C79H88N18O7S. The third-order valence-electron chi connectivity index (χ3n) is 18.1. The number of piperidine rings is 2. The van der Waals surface area contributed by atoms with E-state index in [0.717, 1.165) is 130 Å². The second-order valence-electron chi connectivity index (χ2n) is 24.7. The van der Waals surface area contributed by atoms with Gasteiger partial charge in [0, 0.05) is 54.3 Å². The molecule has 0 spiro atoms. The Kier molecular flexibility index (Phi) is 24.6. The van der Waals surface area contributed by atoms with Gasteiger partial charge in [0.15, 0.2) is 16.9 Å². The van der Waals surface area contributed by atoms with Gasteiger partial charge in [-0.1, -0.05) is 96.1 Å². The molecule has 542 valence electrons. The number of nitrogen functional groups attached to an aromatic ring is 3. The zero-order chi connectivity index (χ0) is 70.7. The summed E-state index contributed by atoms with van der Waals surface area (Å²) >= 11 is 0. The molecule has 3 aliphatic rings. The summed E-state index contributed by atoms with van der Waals surface area (Å²) in [7, 11) is -3.51. The fraction of sp³-hybridized carbons (Fsp3) is 0.253. The Bertz CT molecular complexity index is 5090. The Morgan fingerprint density at radius 1 is 0.476 bits per heavy atom. The van der Waals surface area contributed by atoms with E-state index in [9.17, 15) is 18.0 Å². The maximum Gasteiger partial charge on any atom is 0.246 e. The predicted molar refractivity (Wildman–Crippen MR) is 414 cm³/mol. The minimum Gasteiger partial charge on any atom is -0.457 e. The molecule has 2 atom stereocenters. The molecule has 2 unspecified atom stereocenters. The molecule has 6 aromatic heterocycles. The van der Waals surface area contributed by atoms with E-state index in [1.54, 1.807) is 16.8 Å².